The van der Waals surface area contributed by atoms with Crippen molar-refractivity contribution in [2.75, 3.05) is 19.7 Å². The van der Waals surface area contributed by atoms with E-state index in [0.717, 1.165) is 11.8 Å². The number of guanidine groups is 1. The average Bonchev–Trinajstić information content (AvgIpc) is 3.72. The van der Waals surface area contributed by atoms with Crippen LogP contribution in [-0.4, -0.2) is 176 Å². The van der Waals surface area contributed by atoms with E-state index in [1.807, 2.05) is 5.32 Å². The summed E-state index contributed by atoms with van der Waals surface area (Å²) in [6, 6.07) is -13.1. The number of hydrogen-bond acceptors (Lipinski definition) is 15. The van der Waals surface area contributed by atoms with Crippen LogP contribution in [0.4, 0.5) is 0 Å². The van der Waals surface area contributed by atoms with E-state index in [2.05, 4.69) is 31.6 Å². The Morgan fingerprint density at radius 1 is 0.708 bits per heavy atom. The van der Waals surface area contributed by atoms with Crippen molar-refractivity contribution in [1.82, 2.24) is 36.8 Å². The lowest BCUT2D eigenvalue weighted by atomic mass is 9.99. The van der Waals surface area contributed by atoms with E-state index >= 15 is 0 Å². The number of aliphatic imine (C=N–C) groups is 1. The molecule has 0 spiro atoms. The third kappa shape index (κ3) is 19.3. The number of nitrogens with zero attached hydrogens (tertiary/aromatic N) is 2. The van der Waals surface area contributed by atoms with Gasteiger partial charge in [0.25, 0.3) is 0 Å². The lowest BCUT2D eigenvalue weighted by Crippen LogP contribution is -2.61. The van der Waals surface area contributed by atoms with Gasteiger partial charge in [-0.05, 0) is 44.9 Å². The van der Waals surface area contributed by atoms with Gasteiger partial charge in [0, 0.05) is 19.5 Å². The Hall–Kier alpha value is -6.68. The molecule has 0 aliphatic carbocycles. The highest BCUT2D eigenvalue weighted by atomic mass is 16.4. The number of hydrogen-bond donors (Lipinski definition) is 15. The smallest absolute Gasteiger partial charge is 0.328 e. The summed E-state index contributed by atoms with van der Waals surface area (Å²) in [4.78, 5) is 145. The van der Waals surface area contributed by atoms with Gasteiger partial charge in [-0.25, -0.2) is 4.79 Å². The Morgan fingerprint density at radius 2 is 1.22 bits per heavy atom. The molecule has 1 rings (SSSR count). The number of nitrogens with one attached hydrogen (secondary N) is 6. The van der Waals surface area contributed by atoms with Gasteiger partial charge in [0.2, 0.25) is 47.3 Å². The molecule has 65 heavy (non-hydrogen) atoms. The lowest BCUT2D eigenvalue weighted by molar-refractivity contribution is -0.147. The maximum atomic E-state index is 14.0. The largest absolute Gasteiger partial charge is 0.481 e. The first kappa shape index (κ1) is 56.3. The number of carbonyl (C=O) groups excluding carboxylic acids is 8. The molecule has 1 fully saturated rings. The predicted octanol–water partition coefficient (Wildman–Crippen LogP) is -7.01. The molecule has 0 aromatic carbocycles. The molecule has 28 nitrogen and oxygen atoms in total. The maximum Gasteiger partial charge on any atom is 0.328 e. The summed E-state index contributed by atoms with van der Waals surface area (Å²) in [5, 5.41) is 61.4. The van der Waals surface area contributed by atoms with Crippen LogP contribution in [0.2, 0.25) is 0 Å². The van der Waals surface area contributed by atoms with Crippen molar-refractivity contribution in [2.45, 2.75) is 133 Å². The van der Waals surface area contributed by atoms with Crippen molar-refractivity contribution in [3.63, 3.8) is 0 Å². The Balaban J connectivity index is 3.38. The lowest BCUT2D eigenvalue weighted by Gasteiger charge is -2.30. The van der Waals surface area contributed by atoms with Crippen LogP contribution in [0.1, 0.15) is 78.6 Å². The zero-order valence-corrected chi connectivity index (χ0v) is 36.2. The molecule has 19 N–H and O–H groups in total. The number of aliphatic hydroxyl groups is 2. The number of carboxylic acids is 3. The van der Waals surface area contributed by atoms with Gasteiger partial charge < -0.3 is 85.3 Å². The fourth-order valence-electron chi connectivity index (χ4n) is 6.29. The minimum absolute atomic E-state index is 0.0157. The van der Waals surface area contributed by atoms with Crippen LogP contribution in [0.25, 0.3) is 0 Å². The second-order valence-electron chi connectivity index (χ2n) is 15.3. The van der Waals surface area contributed by atoms with Gasteiger partial charge >= 0.3 is 17.9 Å². The Bertz CT molecular complexity index is 1780. The molecule has 0 bridgehead atoms. The minimum atomic E-state index is -1.88. The van der Waals surface area contributed by atoms with Gasteiger partial charge in [0.05, 0.1) is 31.6 Å². The number of aliphatic carboxylic acids is 3. The highest BCUT2D eigenvalue weighted by Gasteiger charge is 2.41. The SMILES string of the molecule is CCC(C)C(N)C(=O)NC(CC(=O)O)C(=O)NC(CCCN=C(N)N)C(=O)NC(CO)C(=O)NC(CCC(N)=O)C(=O)N1CCCC1C(=O)NC(CC(=O)O)C(=O)NC(C(=O)O)C(C)O. The Kier molecular flexibility index (Phi) is 23.8. The molecule has 1 aliphatic rings. The second kappa shape index (κ2) is 27.5. The zero-order chi connectivity index (χ0) is 49.7. The number of primary amides is 1. The van der Waals surface area contributed by atoms with Crippen molar-refractivity contribution < 1.29 is 78.3 Å². The first-order valence-corrected chi connectivity index (χ1v) is 20.5. The van der Waals surface area contributed by atoms with Crippen LogP contribution >= 0.6 is 0 Å². The second-order valence-corrected chi connectivity index (χ2v) is 15.3. The summed E-state index contributed by atoms with van der Waals surface area (Å²) in [6.07, 6.45) is -4.20. The fourth-order valence-corrected chi connectivity index (χ4v) is 6.29. The number of aliphatic hydroxyl groups excluding tert-OH is 2. The molecule has 10 atom stereocenters. The van der Waals surface area contributed by atoms with Crippen LogP contribution in [0.3, 0.4) is 0 Å². The van der Waals surface area contributed by atoms with E-state index in [4.69, 9.17) is 22.9 Å². The summed E-state index contributed by atoms with van der Waals surface area (Å²) in [5.74, 6) is -13.9. The molecular weight excluding hydrogens is 868 g/mol. The average molecular weight is 931 g/mol. The van der Waals surface area contributed by atoms with Gasteiger partial charge in [-0.1, -0.05) is 20.3 Å². The van der Waals surface area contributed by atoms with Crippen molar-refractivity contribution in [2.24, 2.45) is 33.8 Å². The van der Waals surface area contributed by atoms with Crippen LogP contribution in [-0.2, 0) is 52.7 Å². The van der Waals surface area contributed by atoms with Crippen LogP contribution in [0, 0.1) is 5.92 Å². The van der Waals surface area contributed by atoms with E-state index in [-0.39, 0.29) is 50.7 Å². The number of carbonyl (C=O) groups is 11. The van der Waals surface area contributed by atoms with Gasteiger partial charge in [-0.3, -0.25) is 52.9 Å². The third-order valence-corrected chi connectivity index (χ3v) is 10.2. The van der Waals surface area contributed by atoms with Gasteiger partial charge in [-0.15, -0.1) is 0 Å². The highest BCUT2D eigenvalue weighted by Crippen LogP contribution is 2.20. The summed E-state index contributed by atoms with van der Waals surface area (Å²) in [5.41, 5.74) is 22.0. The van der Waals surface area contributed by atoms with E-state index in [9.17, 15) is 78.3 Å². The van der Waals surface area contributed by atoms with Gasteiger partial charge in [0.15, 0.2) is 12.0 Å². The highest BCUT2D eigenvalue weighted by molar-refractivity contribution is 5.99. The van der Waals surface area contributed by atoms with E-state index in [1.54, 1.807) is 13.8 Å². The van der Waals surface area contributed by atoms with Crippen molar-refractivity contribution in [3.8, 4) is 0 Å². The molecule has 366 valence electrons. The maximum absolute atomic E-state index is 14.0. The molecule has 1 aliphatic heterocycles. The molecule has 0 radical (unpaired) electrons. The third-order valence-electron chi connectivity index (χ3n) is 10.2. The minimum Gasteiger partial charge on any atom is -0.481 e. The summed E-state index contributed by atoms with van der Waals surface area (Å²) in [7, 11) is 0. The van der Waals surface area contributed by atoms with Crippen LogP contribution in [0.5, 0.6) is 0 Å². The van der Waals surface area contributed by atoms with Crippen molar-refractivity contribution >= 4 is 71.1 Å². The topological polar surface area (TPSA) is 481 Å². The normalized spacial score (nSPS) is 17.4. The molecule has 28 heteroatoms. The number of carboxylic acid groups (broad SMARTS) is 3. The van der Waals surface area contributed by atoms with E-state index in [1.165, 1.54) is 0 Å². The molecule has 8 amide bonds. The molecule has 10 unspecified atom stereocenters. The van der Waals surface area contributed by atoms with Crippen LogP contribution < -0.4 is 54.8 Å². The summed E-state index contributed by atoms with van der Waals surface area (Å²) < 4.78 is 0. The van der Waals surface area contributed by atoms with Gasteiger partial charge in [-0.2, -0.15) is 0 Å². The van der Waals surface area contributed by atoms with Crippen molar-refractivity contribution in [1.29, 1.82) is 0 Å². The zero-order valence-electron chi connectivity index (χ0n) is 36.2. The molecule has 0 aromatic rings. The Morgan fingerprint density at radius 3 is 1.72 bits per heavy atom. The van der Waals surface area contributed by atoms with Gasteiger partial charge in [0.1, 0.15) is 36.3 Å². The standard InChI is InChI=1S/C37H62N12O16/c1-4-16(2)27(39)34(62)46-20(13-25(53)54)30(58)43-18(7-5-11-42-37(40)41)29(57)47-22(15-50)32(60)44-19(9-10-24(38)52)35(63)49-12-6-8-23(49)33(61)45-21(14-26(55)56)31(59)48-28(17(3)51)36(64)65/h16-23,27-28,50-51H,4-15,39H2,1-3H3,(H2,38,52)(H,43,58)(H,44,60)(H,45,61)(H,46,62)(H,47,57)(H,48,59)(H,53,54)(H,55,56)(H,64,65)(H4,40,41,42). The van der Waals surface area contributed by atoms with E-state index < -0.39 is 152 Å². The van der Waals surface area contributed by atoms with E-state index in [0.29, 0.717) is 6.42 Å². The molecule has 0 aromatic heterocycles. The Labute approximate surface area is 372 Å². The quantitative estimate of drug-likeness (QED) is 0.0188. The summed E-state index contributed by atoms with van der Waals surface area (Å²) in [6.45, 7) is 3.15. The van der Waals surface area contributed by atoms with Crippen LogP contribution in [0.15, 0.2) is 4.99 Å². The molecular formula is C37H62N12O16. The predicted molar refractivity (Wildman–Crippen MR) is 223 cm³/mol. The first-order valence-electron chi connectivity index (χ1n) is 20.5. The number of nitrogens with two attached hydrogens (primary N) is 4. The summed E-state index contributed by atoms with van der Waals surface area (Å²) >= 11 is 0. The molecule has 1 heterocycles. The number of rotatable bonds is 29. The number of likely N-dealkylation sites (tertiary alicyclic amines) is 1. The number of amides is 8. The van der Waals surface area contributed by atoms with Crippen molar-refractivity contribution in [3.05, 3.63) is 0 Å². The molecule has 0 saturated carbocycles. The molecule has 1 saturated heterocycles. The monoisotopic (exact) mass is 930 g/mol. The first-order chi connectivity index (χ1) is 30.3. The fraction of sp³-hybridized carbons (Fsp3) is 0.676.